The standard InChI is InChI=1S/C14H17S.C13H12NS.2CHF3O3S/c1-3-15(4-2)14-11-7-9-12-8-5-6-10-13(12)14;1-15(2)13-8-7-10(9-14)11-5-3-4-6-12(11)13;2*2-1(3,4)8(5,6)7/h5-11H,3-4H2,1-2H3;3-8H,1-2H3;2*(H,5,6,7)/q2*+1;;/p-2. The Morgan fingerprint density at radius 1 is 0.652 bits per heavy atom. The number of benzene rings is 4. The molecule has 252 valence electrons. The van der Waals surface area contributed by atoms with Gasteiger partial charge in [0.25, 0.3) is 0 Å². The summed E-state index contributed by atoms with van der Waals surface area (Å²) in [7, 11) is -11.5. The normalized spacial score (nSPS) is 11.9. The molecule has 0 aliphatic heterocycles. The number of alkyl halides is 6. The van der Waals surface area contributed by atoms with Gasteiger partial charge >= 0.3 is 11.0 Å². The zero-order valence-electron chi connectivity index (χ0n) is 24.7. The lowest BCUT2D eigenvalue weighted by molar-refractivity contribution is -0.0522. The van der Waals surface area contributed by atoms with Gasteiger partial charge in [0, 0.05) is 37.9 Å². The summed E-state index contributed by atoms with van der Waals surface area (Å²) in [5, 5.41) is 14.1. The van der Waals surface area contributed by atoms with E-state index in [-0.39, 0.29) is 10.9 Å². The highest BCUT2D eigenvalue weighted by atomic mass is 32.2. The maximum atomic E-state index is 10.7. The van der Waals surface area contributed by atoms with Gasteiger partial charge < -0.3 is 9.11 Å². The van der Waals surface area contributed by atoms with Crippen molar-refractivity contribution in [2.75, 3.05) is 24.0 Å². The van der Waals surface area contributed by atoms with Crippen molar-refractivity contribution in [1.29, 1.82) is 5.26 Å². The van der Waals surface area contributed by atoms with Gasteiger partial charge in [-0.3, -0.25) is 0 Å². The minimum atomic E-state index is -6.09. The molecule has 4 aromatic rings. The highest BCUT2D eigenvalue weighted by molar-refractivity contribution is 7.97. The molecule has 0 aromatic heterocycles. The first kappa shape index (κ1) is 41.0. The number of hydrogen-bond acceptors (Lipinski definition) is 7. The Balaban J connectivity index is 0.000000322. The van der Waals surface area contributed by atoms with E-state index in [1.165, 1.54) is 37.5 Å². The Kier molecular flexibility index (Phi) is 15.4. The third kappa shape index (κ3) is 12.0. The Morgan fingerprint density at radius 3 is 1.48 bits per heavy atom. The smallest absolute Gasteiger partial charge is 0.485 e. The second-order valence-corrected chi connectivity index (χ2v) is 16.3. The first-order chi connectivity index (χ1) is 21.1. The topological polar surface area (TPSA) is 138 Å². The fourth-order valence-corrected chi connectivity index (χ4v) is 6.44. The number of nitrogens with zero attached hydrogens (tertiary/aromatic N) is 1. The zero-order valence-corrected chi connectivity index (χ0v) is 28.0. The maximum Gasteiger partial charge on any atom is 0.485 e. The molecule has 0 unspecified atom stereocenters. The van der Waals surface area contributed by atoms with E-state index in [1.54, 1.807) is 0 Å². The molecule has 0 saturated heterocycles. The largest absolute Gasteiger partial charge is 0.741 e. The van der Waals surface area contributed by atoms with Gasteiger partial charge in [0.05, 0.1) is 11.6 Å². The quantitative estimate of drug-likeness (QED) is 0.0964. The average molecular weight is 730 g/mol. The van der Waals surface area contributed by atoms with Crippen molar-refractivity contribution in [1.82, 2.24) is 0 Å². The lowest BCUT2D eigenvalue weighted by Crippen LogP contribution is -2.21. The van der Waals surface area contributed by atoms with Crippen LogP contribution in [-0.2, 0) is 42.0 Å². The van der Waals surface area contributed by atoms with E-state index in [4.69, 9.17) is 31.2 Å². The third-order valence-electron chi connectivity index (χ3n) is 5.77. The molecule has 0 heterocycles. The maximum absolute atomic E-state index is 10.7. The highest BCUT2D eigenvalue weighted by Crippen LogP contribution is 2.27. The molecule has 0 saturated carbocycles. The van der Waals surface area contributed by atoms with Crippen LogP contribution in [0.3, 0.4) is 0 Å². The molecule has 0 aliphatic rings. The van der Waals surface area contributed by atoms with E-state index < -0.39 is 31.3 Å². The van der Waals surface area contributed by atoms with Crippen molar-refractivity contribution in [2.24, 2.45) is 0 Å². The van der Waals surface area contributed by atoms with Crippen LogP contribution in [0.4, 0.5) is 26.3 Å². The highest BCUT2D eigenvalue weighted by Gasteiger charge is 2.37. The molecule has 0 spiro atoms. The van der Waals surface area contributed by atoms with Crippen LogP contribution in [0.1, 0.15) is 19.4 Å². The summed E-state index contributed by atoms with van der Waals surface area (Å²) >= 11 is 0. The summed E-state index contributed by atoms with van der Waals surface area (Å²) in [5.74, 6) is 2.51. The Morgan fingerprint density at radius 2 is 1.07 bits per heavy atom. The van der Waals surface area contributed by atoms with E-state index >= 15 is 0 Å². The fourth-order valence-electron chi connectivity index (χ4n) is 3.69. The SMILES string of the molecule is CC[S+](CC)c1cccc2ccccc12.C[S+](C)c1ccc(C#N)c2ccccc12.O=S(=O)([O-])C(F)(F)F.O=S(=O)([O-])C(F)(F)F. The summed E-state index contributed by atoms with van der Waals surface area (Å²) in [4.78, 5) is 2.88. The van der Waals surface area contributed by atoms with Crippen molar-refractivity contribution in [3.8, 4) is 6.07 Å². The van der Waals surface area contributed by atoms with E-state index in [0.29, 0.717) is 10.9 Å². The Hall–Kier alpha value is -3.01. The zero-order chi connectivity index (χ0) is 35.5. The number of halogens is 6. The van der Waals surface area contributed by atoms with Crippen LogP contribution in [0.15, 0.2) is 88.7 Å². The van der Waals surface area contributed by atoms with Crippen LogP contribution in [0.5, 0.6) is 0 Å². The Labute approximate surface area is 269 Å². The van der Waals surface area contributed by atoms with Crippen LogP contribution < -0.4 is 0 Å². The minimum absolute atomic E-state index is 0.227. The molecule has 0 radical (unpaired) electrons. The van der Waals surface area contributed by atoms with Crippen molar-refractivity contribution >= 4 is 63.6 Å². The molecular formula is C29H29F6NO6S4. The first-order valence-electron chi connectivity index (χ1n) is 12.8. The molecule has 4 aromatic carbocycles. The van der Waals surface area contributed by atoms with Crippen LogP contribution >= 0.6 is 0 Å². The van der Waals surface area contributed by atoms with Crippen molar-refractivity contribution in [3.05, 3.63) is 84.4 Å². The van der Waals surface area contributed by atoms with E-state index in [0.717, 1.165) is 10.9 Å². The predicted molar refractivity (Wildman–Crippen MR) is 168 cm³/mol. The minimum Gasteiger partial charge on any atom is -0.741 e. The molecule has 0 amide bonds. The van der Waals surface area contributed by atoms with Crippen LogP contribution in [0.2, 0.25) is 0 Å². The summed E-state index contributed by atoms with van der Waals surface area (Å²) in [6.07, 6.45) is 4.40. The van der Waals surface area contributed by atoms with Crippen LogP contribution in [-0.4, -0.2) is 61.0 Å². The molecule has 0 fully saturated rings. The molecule has 46 heavy (non-hydrogen) atoms. The van der Waals surface area contributed by atoms with Gasteiger partial charge in [0.15, 0.2) is 30.0 Å². The van der Waals surface area contributed by atoms with Crippen LogP contribution in [0.25, 0.3) is 21.5 Å². The van der Waals surface area contributed by atoms with Gasteiger partial charge in [-0.25, -0.2) is 16.8 Å². The number of fused-ring (bicyclic) bond motifs is 2. The molecule has 0 bridgehead atoms. The summed E-state index contributed by atoms with van der Waals surface area (Å²) in [6, 6.07) is 29.7. The number of rotatable bonds is 4. The molecule has 0 N–H and O–H groups in total. The summed E-state index contributed by atoms with van der Waals surface area (Å²) in [6.45, 7) is 4.57. The van der Waals surface area contributed by atoms with Gasteiger partial charge in [-0.1, -0.05) is 48.5 Å². The van der Waals surface area contributed by atoms with Gasteiger partial charge in [-0.15, -0.1) is 0 Å². The lowest BCUT2D eigenvalue weighted by atomic mass is 10.1. The molecule has 4 rings (SSSR count). The van der Waals surface area contributed by atoms with Crippen molar-refractivity contribution < 1.29 is 52.3 Å². The van der Waals surface area contributed by atoms with E-state index in [1.807, 2.05) is 24.3 Å². The molecular weight excluding hydrogens is 701 g/mol. The van der Waals surface area contributed by atoms with Gasteiger partial charge in [-0.2, -0.15) is 31.6 Å². The van der Waals surface area contributed by atoms with Gasteiger partial charge in [0.1, 0.15) is 24.0 Å². The molecule has 7 nitrogen and oxygen atoms in total. The van der Waals surface area contributed by atoms with E-state index in [9.17, 15) is 26.3 Å². The lowest BCUT2D eigenvalue weighted by Gasteiger charge is -2.08. The third-order valence-corrected chi connectivity index (χ3v) is 10.5. The van der Waals surface area contributed by atoms with Gasteiger partial charge in [0.2, 0.25) is 0 Å². The average Bonchev–Trinajstić information content (AvgIpc) is 2.96. The molecule has 17 heteroatoms. The first-order valence-corrected chi connectivity index (χ1v) is 19.2. The monoisotopic (exact) mass is 729 g/mol. The second kappa shape index (κ2) is 17.2. The predicted octanol–water partition coefficient (Wildman–Crippen LogP) is 6.91. The fraction of sp³-hybridized carbons (Fsp3) is 0.276. The van der Waals surface area contributed by atoms with Crippen molar-refractivity contribution in [2.45, 2.75) is 34.7 Å². The second-order valence-electron chi connectivity index (χ2n) is 8.93. The number of hydrogen-bond donors (Lipinski definition) is 0. The van der Waals surface area contributed by atoms with Crippen LogP contribution in [0, 0.1) is 11.3 Å². The van der Waals surface area contributed by atoms with Crippen molar-refractivity contribution in [3.63, 3.8) is 0 Å². The van der Waals surface area contributed by atoms with Gasteiger partial charge in [-0.05, 0) is 49.6 Å². The summed E-state index contributed by atoms with van der Waals surface area (Å²) < 4.78 is 118. The molecule has 0 aliphatic carbocycles. The Bertz CT molecular complexity index is 1810. The number of nitriles is 1. The molecule has 0 atom stereocenters. The summed E-state index contributed by atoms with van der Waals surface area (Å²) in [5.41, 5.74) is -10.5. The van der Waals surface area contributed by atoms with E-state index in [2.05, 4.69) is 87.0 Å².